The van der Waals surface area contributed by atoms with Gasteiger partial charge < -0.3 is 15.5 Å². The first-order valence-corrected chi connectivity index (χ1v) is 10.8. The third-order valence-corrected chi connectivity index (χ3v) is 5.22. The molecule has 0 fully saturated rings. The molecule has 168 valence electrons. The van der Waals surface area contributed by atoms with Crippen LogP contribution in [0.5, 0.6) is 0 Å². The maximum Gasteiger partial charge on any atom is 0.224 e. The van der Waals surface area contributed by atoms with Gasteiger partial charge in [0.1, 0.15) is 0 Å². The number of guanidine groups is 1. The van der Waals surface area contributed by atoms with Gasteiger partial charge in [-0.2, -0.15) is 5.10 Å². The molecule has 3 rings (SSSR count). The van der Waals surface area contributed by atoms with E-state index in [1.165, 1.54) is 0 Å². The minimum Gasteiger partial charge on any atom is -0.356 e. The summed E-state index contributed by atoms with van der Waals surface area (Å²) in [4.78, 5) is 18.5. The van der Waals surface area contributed by atoms with Crippen LogP contribution in [0.3, 0.4) is 0 Å². The van der Waals surface area contributed by atoms with Crippen LogP contribution in [0.1, 0.15) is 28.9 Å². The van der Waals surface area contributed by atoms with E-state index in [0.717, 1.165) is 28.2 Å². The van der Waals surface area contributed by atoms with Crippen molar-refractivity contribution in [1.29, 1.82) is 0 Å². The lowest BCUT2D eigenvalue weighted by molar-refractivity contribution is -0.130. The number of para-hydroxylation sites is 1. The van der Waals surface area contributed by atoms with Gasteiger partial charge in [0, 0.05) is 45.8 Å². The maximum atomic E-state index is 12.4. The lowest BCUT2D eigenvalue weighted by Crippen LogP contribution is -2.39. The van der Waals surface area contributed by atoms with E-state index in [9.17, 15) is 4.79 Å². The molecule has 1 heterocycles. The number of rotatable bonds is 8. The van der Waals surface area contributed by atoms with Gasteiger partial charge in [-0.15, -0.1) is 0 Å². The molecule has 0 radical (unpaired) electrons. The quantitative estimate of drug-likeness (QED) is 0.423. The molecule has 3 aromatic rings. The second kappa shape index (κ2) is 11.1. The molecule has 1 aromatic heterocycles. The number of hydrogen-bond acceptors (Lipinski definition) is 3. The molecule has 0 spiro atoms. The lowest BCUT2D eigenvalue weighted by Gasteiger charge is -2.18. The van der Waals surface area contributed by atoms with Crippen molar-refractivity contribution >= 4 is 11.9 Å². The molecular formula is C25H32N6O. The van der Waals surface area contributed by atoms with Crippen LogP contribution in [-0.2, 0) is 17.9 Å². The van der Waals surface area contributed by atoms with E-state index in [0.29, 0.717) is 32.0 Å². The summed E-state index contributed by atoms with van der Waals surface area (Å²) in [5, 5.41) is 11.2. The van der Waals surface area contributed by atoms with Crippen molar-refractivity contribution in [3.8, 4) is 5.69 Å². The second-order valence-electron chi connectivity index (χ2n) is 7.81. The summed E-state index contributed by atoms with van der Waals surface area (Å²) in [7, 11) is 3.56. The first-order valence-electron chi connectivity index (χ1n) is 10.8. The van der Waals surface area contributed by atoms with Crippen LogP contribution in [0.2, 0.25) is 0 Å². The Labute approximate surface area is 190 Å². The monoisotopic (exact) mass is 432 g/mol. The molecule has 1 amide bonds. The number of benzene rings is 2. The summed E-state index contributed by atoms with van der Waals surface area (Å²) in [6.07, 6.45) is 0.395. The van der Waals surface area contributed by atoms with Gasteiger partial charge in [-0.3, -0.25) is 9.79 Å². The van der Waals surface area contributed by atoms with Crippen LogP contribution < -0.4 is 10.6 Å². The number of carbonyl (C=O) groups excluding carboxylic acids is 1. The molecule has 2 N–H and O–H groups in total. The van der Waals surface area contributed by atoms with Crippen LogP contribution in [-0.4, -0.2) is 47.2 Å². The summed E-state index contributed by atoms with van der Waals surface area (Å²) in [5.41, 5.74) is 5.36. The minimum absolute atomic E-state index is 0.0895. The summed E-state index contributed by atoms with van der Waals surface area (Å²) >= 11 is 0. The Kier molecular flexibility index (Phi) is 8.02. The SMILES string of the molecule is CN=C(NCCC(=O)N(C)Cc1ccccc1)NCc1ccccc1-n1nc(C)cc1C. The van der Waals surface area contributed by atoms with Crippen molar-refractivity contribution in [2.24, 2.45) is 4.99 Å². The number of hydrogen-bond donors (Lipinski definition) is 2. The molecule has 0 atom stereocenters. The molecule has 0 saturated carbocycles. The van der Waals surface area contributed by atoms with E-state index >= 15 is 0 Å². The van der Waals surface area contributed by atoms with Crippen LogP contribution in [0.15, 0.2) is 65.7 Å². The molecule has 0 unspecified atom stereocenters. The van der Waals surface area contributed by atoms with Crippen LogP contribution in [0, 0.1) is 13.8 Å². The molecule has 0 aliphatic heterocycles. The highest BCUT2D eigenvalue weighted by molar-refractivity contribution is 5.81. The fourth-order valence-corrected chi connectivity index (χ4v) is 3.56. The van der Waals surface area contributed by atoms with Crippen molar-refractivity contribution in [3.05, 3.63) is 83.2 Å². The Hall–Kier alpha value is -3.61. The molecule has 32 heavy (non-hydrogen) atoms. The fraction of sp³-hybridized carbons (Fsp3) is 0.320. The number of aromatic nitrogens is 2. The first-order chi connectivity index (χ1) is 15.5. The number of carbonyl (C=O) groups is 1. The van der Waals surface area contributed by atoms with E-state index in [2.05, 4.69) is 45.8 Å². The third kappa shape index (κ3) is 6.20. The lowest BCUT2D eigenvalue weighted by atomic mass is 10.1. The van der Waals surface area contributed by atoms with Gasteiger partial charge in [0.2, 0.25) is 5.91 Å². The molecule has 2 aromatic carbocycles. The smallest absolute Gasteiger partial charge is 0.224 e. The summed E-state index contributed by atoms with van der Waals surface area (Å²) in [5.74, 6) is 0.748. The first kappa shape index (κ1) is 23.1. The molecule has 7 nitrogen and oxygen atoms in total. The van der Waals surface area contributed by atoms with Gasteiger partial charge >= 0.3 is 0 Å². The van der Waals surface area contributed by atoms with Crippen molar-refractivity contribution in [3.63, 3.8) is 0 Å². The topological polar surface area (TPSA) is 74.6 Å². The average Bonchev–Trinajstić information content (AvgIpc) is 3.14. The highest BCUT2D eigenvalue weighted by atomic mass is 16.2. The van der Waals surface area contributed by atoms with Gasteiger partial charge in [0.05, 0.1) is 11.4 Å². The second-order valence-corrected chi connectivity index (χ2v) is 7.81. The zero-order valence-electron chi connectivity index (χ0n) is 19.3. The largest absolute Gasteiger partial charge is 0.356 e. The van der Waals surface area contributed by atoms with Crippen LogP contribution >= 0.6 is 0 Å². The maximum absolute atomic E-state index is 12.4. The molecule has 0 saturated heterocycles. The standard InChI is InChI=1S/C25H32N6O/c1-19-16-20(2)31(29-19)23-13-9-8-12-22(23)17-28-25(26-3)27-15-14-24(32)30(4)18-21-10-6-5-7-11-21/h5-13,16H,14-15,17-18H2,1-4H3,(H2,26,27,28). The van der Waals surface area contributed by atoms with Crippen molar-refractivity contribution < 1.29 is 4.79 Å². The summed E-state index contributed by atoms with van der Waals surface area (Å²) in [6.45, 7) is 5.76. The molecular weight excluding hydrogens is 400 g/mol. The molecule has 0 aliphatic rings. The molecule has 7 heteroatoms. The van der Waals surface area contributed by atoms with E-state index in [4.69, 9.17) is 0 Å². The van der Waals surface area contributed by atoms with Crippen molar-refractivity contribution in [2.45, 2.75) is 33.4 Å². The highest BCUT2D eigenvalue weighted by Gasteiger charge is 2.11. The third-order valence-electron chi connectivity index (χ3n) is 5.22. The molecule has 0 bridgehead atoms. The summed E-state index contributed by atoms with van der Waals surface area (Å²) in [6, 6.07) is 20.2. The Morgan fingerprint density at radius 2 is 1.78 bits per heavy atom. The highest BCUT2D eigenvalue weighted by Crippen LogP contribution is 2.16. The Balaban J connectivity index is 1.51. The Morgan fingerprint density at radius 3 is 2.47 bits per heavy atom. The van der Waals surface area contributed by atoms with Crippen molar-refractivity contribution in [2.75, 3.05) is 20.6 Å². The Morgan fingerprint density at radius 1 is 1.06 bits per heavy atom. The molecule has 0 aliphatic carbocycles. The van der Waals surface area contributed by atoms with Crippen LogP contribution in [0.25, 0.3) is 5.69 Å². The zero-order valence-corrected chi connectivity index (χ0v) is 19.3. The van der Waals surface area contributed by atoms with Gasteiger partial charge in [-0.05, 0) is 37.1 Å². The van der Waals surface area contributed by atoms with Gasteiger partial charge in [-0.25, -0.2) is 4.68 Å². The number of nitrogens with zero attached hydrogens (tertiary/aromatic N) is 4. The predicted octanol–water partition coefficient (Wildman–Crippen LogP) is 3.20. The zero-order chi connectivity index (χ0) is 22.9. The van der Waals surface area contributed by atoms with E-state index in [1.54, 1.807) is 11.9 Å². The normalized spacial score (nSPS) is 11.3. The van der Waals surface area contributed by atoms with Gasteiger partial charge in [0.15, 0.2) is 5.96 Å². The predicted molar refractivity (Wildman–Crippen MR) is 129 cm³/mol. The number of aryl methyl sites for hydroxylation is 2. The van der Waals surface area contributed by atoms with E-state index < -0.39 is 0 Å². The Bertz CT molecular complexity index is 1060. The number of aliphatic imine (C=N–C) groups is 1. The van der Waals surface area contributed by atoms with Gasteiger partial charge in [0.25, 0.3) is 0 Å². The number of nitrogens with one attached hydrogen (secondary N) is 2. The number of amides is 1. The van der Waals surface area contributed by atoms with E-state index in [1.807, 2.05) is 61.1 Å². The average molecular weight is 433 g/mol. The van der Waals surface area contributed by atoms with Crippen LogP contribution in [0.4, 0.5) is 0 Å². The van der Waals surface area contributed by atoms with Crippen molar-refractivity contribution in [1.82, 2.24) is 25.3 Å². The minimum atomic E-state index is 0.0895. The summed E-state index contributed by atoms with van der Waals surface area (Å²) < 4.78 is 1.96. The van der Waals surface area contributed by atoms with E-state index in [-0.39, 0.29) is 5.91 Å². The fourth-order valence-electron chi connectivity index (χ4n) is 3.56. The van der Waals surface area contributed by atoms with Gasteiger partial charge in [-0.1, -0.05) is 48.5 Å².